The lowest BCUT2D eigenvalue weighted by atomic mass is 9.80. The first-order valence-corrected chi connectivity index (χ1v) is 18.5. The minimum absolute atomic E-state index is 0.140. The van der Waals surface area contributed by atoms with Gasteiger partial charge in [0, 0.05) is 42.5 Å². The van der Waals surface area contributed by atoms with Crippen molar-refractivity contribution in [3.8, 4) is 33.4 Å². The van der Waals surface area contributed by atoms with Crippen LogP contribution in [0.2, 0.25) is 0 Å². The smallest absolute Gasteiger partial charge is 0.0549 e. The Labute approximate surface area is 302 Å². The van der Waals surface area contributed by atoms with Gasteiger partial charge in [0.2, 0.25) is 0 Å². The Morgan fingerprint density at radius 2 is 1.02 bits per heavy atom. The summed E-state index contributed by atoms with van der Waals surface area (Å²) in [5.41, 5.74) is 13.6. The summed E-state index contributed by atoms with van der Waals surface area (Å²) in [5.74, 6) is 0. The van der Waals surface area contributed by atoms with Crippen molar-refractivity contribution in [3.63, 3.8) is 0 Å². The van der Waals surface area contributed by atoms with E-state index in [-0.39, 0.29) is 5.41 Å². The van der Waals surface area contributed by atoms with Crippen LogP contribution >= 0.6 is 11.3 Å². The minimum atomic E-state index is -0.140. The van der Waals surface area contributed by atoms with Crippen molar-refractivity contribution in [2.24, 2.45) is 0 Å². The van der Waals surface area contributed by atoms with Crippen LogP contribution < -0.4 is 4.90 Å². The molecule has 0 saturated carbocycles. The fourth-order valence-electron chi connectivity index (χ4n) is 8.38. The molecule has 9 aromatic rings. The lowest BCUT2D eigenvalue weighted by molar-refractivity contribution is 0.666. The molecule has 0 atom stereocenters. The number of benzene rings is 8. The predicted octanol–water partition coefficient (Wildman–Crippen LogP) is 14.3. The highest BCUT2D eigenvalue weighted by Crippen LogP contribution is 2.56. The number of fused-ring (bicyclic) bond motifs is 8. The highest BCUT2D eigenvalue weighted by molar-refractivity contribution is 7.25. The van der Waals surface area contributed by atoms with Gasteiger partial charge >= 0.3 is 0 Å². The molecule has 1 aliphatic carbocycles. The topological polar surface area (TPSA) is 3.24 Å². The molecule has 0 saturated heterocycles. The second-order valence-electron chi connectivity index (χ2n) is 14.1. The summed E-state index contributed by atoms with van der Waals surface area (Å²) < 4.78 is 2.66. The van der Waals surface area contributed by atoms with Crippen LogP contribution in [0.15, 0.2) is 176 Å². The third-order valence-electron chi connectivity index (χ3n) is 10.8. The van der Waals surface area contributed by atoms with Gasteiger partial charge in [-0.05, 0) is 98.2 Å². The zero-order valence-corrected chi connectivity index (χ0v) is 29.4. The van der Waals surface area contributed by atoms with Crippen LogP contribution in [0, 0.1) is 0 Å². The fraction of sp³-hybridized carbons (Fsp3) is 0.0612. The van der Waals surface area contributed by atoms with E-state index in [9.17, 15) is 0 Å². The summed E-state index contributed by atoms with van der Waals surface area (Å²) >= 11 is 1.87. The quantitative estimate of drug-likeness (QED) is 0.176. The van der Waals surface area contributed by atoms with E-state index in [0.29, 0.717) is 0 Å². The van der Waals surface area contributed by atoms with Gasteiger partial charge in [0.1, 0.15) is 0 Å². The summed E-state index contributed by atoms with van der Waals surface area (Å²) in [4.78, 5) is 2.47. The van der Waals surface area contributed by atoms with E-state index < -0.39 is 0 Å². The van der Waals surface area contributed by atoms with Gasteiger partial charge in [-0.25, -0.2) is 0 Å². The van der Waals surface area contributed by atoms with Crippen molar-refractivity contribution >= 4 is 59.3 Å². The number of thiophene rings is 1. The minimum Gasteiger partial charge on any atom is -0.310 e. The van der Waals surface area contributed by atoms with Crippen LogP contribution in [0.1, 0.15) is 25.0 Å². The molecule has 1 aromatic heterocycles. The molecule has 10 rings (SSSR count). The zero-order chi connectivity index (χ0) is 34.1. The molecule has 0 aliphatic heterocycles. The predicted molar refractivity (Wildman–Crippen MR) is 220 cm³/mol. The Hall–Kier alpha value is -5.96. The van der Waals surface area contributed by atoms with Crippen LogP contribution in [-0.4, -0.2) is 0 Å². The molecule has 0 spiro atoms. The highest BCUT2D eigenvalue weighted by atomic mass is 32.1. The normalized spacial score (nSPS) is 13.1. The maximum Gasteiger partial charge on any atom is 0.0549 e. The standard InChI is InChI=1S/C49H35NS/c1-49(2)43-18-10-8-17-41(43)47-44(31-36-14-6-7-15-39(36)48(47)49)50(37-25-20-33(21-26-37)32-12-4-3-5-13-32)38-27-22-34(23-28-38)35-24-29-46-42(30-35)40-16-9-11-19-45(40)51-46/h3-31H,1-2H3. The maximum absolute atomic E-state index is 2.47. The van der Waals surface area contributed by atoms with Gasteiger partial charge in [-0.15, -0.1) is 11.3 Å². The average Bonchev–Trinajstić information content (AvgIpc) is 3.68. The van der Waals surface area contributed by atoms with E-state index in [2.05, 4.69) is 195 Å². The number of nitrogens with zero attached hydrogens (tertiary/aromatic N) is 1. The van der Waals surface area contributed by atoms with E-state index in [1.54, 1.807) is 0 Å². The van der Waals surface area contributed by atoms with Gasteiger partial charge in [0.25, 0.3) is 0 Å². The largest absolute Gasteiger partial charge is 0.310 e. The van der Waals surface area contributed by atoms with Crippen molar-refractivity contribution in [2.75, 3.05) is 4.90 Å². The Morgan fingerprint density at radius 1 is 0.451 bits per heavy atom. The van der Waals surface area contributed by atoms with E-state index in [4.69, 9.17) is 0 Å². The van der Waals surface area contributed by atoms with Crippen molar-refractivity contribution in [3.05, 3.63) is 187 Å². The highest BCUT2D eigenvalue weighted by Gasteiger charge is 2.39. The van der Waals surface area contributed by atoms with Crippen LogP contribution in [0.4, 0.5) is 17.1 Å². The van der Waals surface area contributed by atoms with E-state index in [0.717, 1.165) is 11.4 Å². The van der Waals surface area contributed by atoms with E-state index >= 15 is 0 Å². The van der Waals surface area contributed by atoms with Crippen LogP contribution in [0.3, 0.4) is 0 Å². The molecule has 0 radical (unpaired) electrons. The summed E-state index contributed by atoms with van der Waals surface area (Å²) in [6.07, 6.45) is 0. The monoisotopic (exact) mass is 669 g/mol. The molecular weight excluding hydrogens is 635 g/mol. The van der Waals surface area contributed by atoms with Crippen molar-refractivity contribution in [1.29, 1.82) is 0 Å². The Balaban J connectivity index is 1.17. The van der Waals surface area contributed by atoms with E-state index in [1.165, 1.54) is 81.1 Å². The third kappa shape index (κ3) is 4.75. The third-order valence-corrected chi connectivity index (χ3v) is 12.0. The molecular formula is C49H35NS. The van der Waals surface area contributed by atoms with Gasteiger partial charge in [0.05, 0.1) is 5.69 Å². The van der Waals surface area contributed by atoms with Crippen LogP contribution in [0.25, 0.3) is 64.3 Å². The first-order chi connectivity index (χ1) is 25.0. The molecule has 0 unspecified atom stereocenters. The van der Waals surface area contributed by atoms with Crippen molar-refractivity contribution in [2.45, 2.75) is 19.3 Å². The molecule has 0 amide bonds. The molecule has 242 valence electrons. The zero-order valence-electron chi connectivity index (χ0n) is 28.6. The average molecular weight is 670 g/mol. The van der Waals surface area contributed by atoms with Gasteiger partial charge in [0.15, 0.2) is 0 Å². The molecule has 1 heterocycles. The number of hydrogen-bond acceptors (Lipinski definition) is 2. The lowest BCUT2D eigenvalue weighted by Gasteiger charge is -2.30. The summed E-state index contributed by atoms with van der Waals surface area (Å²) in [5, 5.41) is 5.23. The number of hydrogen-bond donors (Lipinski definition) is 0. The Kier molecular flexibility index (Phi) is 6.78. The SMILES string of the molecule is CC1(C)c2ccccc2-c2c(N(c3ccc(-c4ccccc4)cc3)c3ccc(-c4ccc5sc6ccccc6c5c4)cc3)cc3ccccc3c21. The second kappa shape index (κ2) is 11.6. The van der Waals surface area contributed by atoms with Crippen LogP contribution in [0.5, 0.6) is 0 Å². The molecule has 0 fully saturated rings. The van der Waals surface area contributed by atoms with E-state index in [1.807, 2.05) is 11.3 Å². The summed E-state index contributed by atoms with van der Waals surface area (Å²) in [6.45, 7) is 4.77. The van der Waals surface area contributed by atoms with Crippen molar-refractivity contribution in [1.82, 2.24) is 0 Å². The lowest BCUT2D eigenvalue weighted by Crippen LogP contribution is -2.16. The van der Waals surface area contributed by atoms with Gasteiger partial charge in [-0.2, -0.15) is 0 Å². The second-order valence-corrected chi connectivity index (χ2v) is 15.2. The molecule has 0 N–H and O–H groups in total. The van der Waals surface area contributed by atoms with Gasteiger partial charge < -0.3 is 4.90 Å². The maximum atomic E-state index is 2.47. The molecule has 2 heteroatoms. The molecule has 8 aromatic carbocycles. The Morgan fingerprint density at radius 3 is 1.78 bits per heavy atom. The van der Waals surface area contributed by atoms with Gasteiger partial charge in [-0.1, -0.05) is 141 Å². The summed E-state index contributed by atoms with van der Waals surface area (Å²) in [7, 11) is 0. The molecule has 1 nitrogen and oxygen atoms in total. The summed E-state index contributed by atoms with van der Waals surface area (Å²) in [6, 6.07) is 64.8. The fourth-order valence-corrected chi connectivity index (χ4v) is 9.47. The Bertz CT molecular complexity index is 2750. The first-order valence-electron chi connectivity index (χ1n) is 17.7. The van der Waals surface area contributed by atoms with Crippen molar-refractivity contribution < 1.29 is 0 Å². The first kappa shape index (κ1) is 29.9. The van der Waals surface area contributed by atoms with Crippen LogP contribution in [-0.2, 0) is 5.41 Å². The number of rotatable bonds is 5. The molecule has 51 heavy (non-hydrogen) atoms. The molecule has 1 aliphatic rings. The van der Waals surface area contributed by atoms with Gasteiger partial charge in [-0.3, -0.25) is 0 Å². The number of anilines is 3. The molecule has 0 bridgehead atoms.